The van der Waals surface area contributed by atoms with Crippen LogP contribution in [0, 0.1) is 6.92 Å². The summed E-state index contributed by atoms with van der Waals surface area (Å²) in [7, 11) is 1.63. The summed E-state index contributed by atoms with van der Waals surface area (Å²) >= 11 is 6.05. The molecule has 1 atom stereocenters. The molecular formula is C13H14ClNO. The second-order valence-corrected chi connectivity index (χ2v) is 4.54. The van der Waals surface area contributed by atoms with Crippen LogP contribution in [0.25, 0.3) is 10.9 Å². The van der Waals surface area contributed by atoms with Gasteiger partial charge in [-0.1, -0.05) is 12.1 Å². The third kappa shape index (κ3) is 1.98. The summed E-state index contributed by atoms with van der Waals surface area (Å²) in [6.07, 6.45) is 0. The largest absolute Gasteiger partial charge is 0.481 e. The molecule has 3 heteroatoms. The number of hydrogen-bond acceptors (Lipinski definition) is 2. The Kier molecular flexibility index (Phi) is 3.01. The van der Waals surface area contributed by atoms with E-state index < -0.39 is 0 Å². The summed E-state index contributed by atoms with van der Waals surface area (Å²) in [5.41, 5.74) is 3.04. The molecule has 16 heavy (non-hydrogen) atoms. The molecule has 2 rings (SSSR count). The van der Waals surface area contributed by atoms with E-state index in [1.807, 2.05) is 32.0 Å². The quantitative estimate of drug-likeness (QED) is 0.738. The van der Waals surface area contributed by atoms with Crippen LogP contribution in [0.15, 0.2) is 24.3 Å². The van der Waals surface area contributed by atoms with Crippen LogP contribution < -0.4 is 4.74 Å². The van der Waals surface area contributed by atoms with Gasteiger partial charge in [-0.3, -0.25) is 0 Å². The summed E-state index contributed by atoms with van der Waals surface area (Å²) in [5.74, 6) is 0.673. The fraction of sp³-hybridized carbons (Fsp3) is 0.308. The Morgan fingerprint density at radius 3 is 2.69 bits per heavy atom. The number of aryl methyl sites for hydroxylation is 1. The highest BCUT2D eigenvalue weighted by molar-refractivity contribution is 6.20. The third-order valence-corrected chi connectivity index (χ3v) is 2.89. The van der Waals surface area contributed by atoms with Crippen molar-refractivity contribution in [1.29, 1.82) is 0 Å². The van der Waals surface area contributed by atoms with Crippen LogP contribution in [-0.4, -0.2) is 12.1 Å². The second kappa shape index (κ2) is 4.30. The molecule has 2 nitrogen and oxygen atoms in total. The van der Waals surface area contributed by atoms with Crippen LogP contribution in [0.2, 0.25) is 0 Å². The summed E-state index contributed by atoms with van der Waals surface area (Å²) in [5, 5.41) is 1.11. The lowest BCUT2D eigenvalue weighted by Crippen LogP contribution is -1.93. The molecule has 2 aromatic rings. The van der Waals surface area contributed by atoms with Gasteiger partial charge in [0.1, 0.15) is 0 Å². The number of pyridine rings is 1. The number of aromatic nitrogens is 1. The zero-order chi connectivity index (χ0) is 11.7. The molecule has 0 amide bonds. The van der Waals surface area contributed by atoms with Crippen LogP contribution >= 0.6 is 11.6 Å². The Bertz CT molecular complexity index is 523. The molecule has 84 valence electrons. The Hall–Kier alpha value is -1.28. The highest BCUT2D eigenvalue weighted by Gasteiger charge is 2.06. The molecular weight excluding hydrogens is 222 g/mol. The first-order valence-electron chi connectivity index (χ1n) is 5.21. The van der Waals surface area contributed by atoms with Gasteiger partial charge >= 0.3 is 0 Å². The van der Waals surface area contributed by atoms with E-state index in [2.05, 4.69) is 11.1 Å². The van der Waals surface area contributed by atoms with Gasteiger partial charge in [-0.2, -0.15) is 0 Å². The van der Waals surface area contributed by atoms with Crippen molar-refractivity contribution in [3.05, 3.63) is 35.4 Å². The van der Waals surface area contributed by atoms with E-state index in [0.29, 0.717) is 5.88 Å². The van der Waals surface area contributed by atoms with Gasteiger partial charge in [0.25, 0.3) is 0 Å². The number of fused-ring (bicyclic) bond motifs is 1. The Morgan fingerprint density at radius 2 is 2.06 bits per heavy atom. The Balaban J connectivity index is 2.63. The average molecular weight is 236 g/mol. The maximum absolute atomic E-state index is 6.05. The van der Waals surface area contributed by atoms with Crippen LogP contribution in [0.1, 0.15) is 23.4 Å². The van der Waals surface area contributed by atoms with E-state index in [1.165, 1.54) is 0 Å². The first-order chi connectivity index (χ1) is 7.61. The molecule has 0 saturated carbocycles. The van der Waals surface area contributed by atoms with Gasteiger partial charge in [0.15, 0.2) is 0 Å². The number of halogens is 1. The molecule has 0 aliphatic carbocycles. The molecule has 1 unspecified atom stereocenters. The smallest absolute Gasteiger partial charge is 0.216 e. The van der Waals surface area contributed by atoms with Crippen LogP contribution in [0.5, 0.6) is 5.88 Å². The molecule has 1 aromatic heterocycles. The molecule has 0 saturated heterocycles. The van der Waals surface area contributed by atoms with Crippen molar-refractivity contribution in [2.75, 3.05) is 7.11 Å². The number of ether oxygens (including phenoxy) is 1. The van der Waals surface area contributed by atoms with Crippen molar-refractivity contribution in [2.45, 2.75) is 19.2 Å². The van der Waals surface area contributed by atoms with Gasteiger partial charge in [-0.05, 0) is 31.5 Å². The lowest BCUT2D eigenvalue weighted by Gasteiger charge is -2.08. The molecule has 1 heterocycles. The van der Waals surface area contributed by atoms with Crippen molar-refractivity contribution in [3.8, 4) is 5.88 Å². The van der Waals surface area contributed by atoms with Gasteiger partial charge in [0, 0.05) is 10.9 Å². The minimum absolute atomic E-state index is 0.00139. The number of benzene rings is 1. The molecule has 0 spiro atoms. The summed E-state index contributed by atoms with van der Waals surface area (Å²) < 4.78 is 5.21. The zero-order valence-corrected chi connectivity index (χ0v) is 10.4. The van der Waals surface area contributed by atoms with E-state index in [4.69, 9.17) is 16.3 Å². The standard InChI is InChI=1S/C13H14ClNO/c1-8-6-11-5-4-10(9(2)14)7-12(11)15-13(8)16-3/h4-7,9H,1-3H3. The summed E-state index contributed by atoms with van der Waals surface area (Å²) in [6, 6.07) is 8.16. The fourth-order valence-corrected chi connectivity index (χ4v) is 1.86. The first-order valence-corrected chi connectivity index (χ1v) is 5.65. The van der Waals surface area contributed by atoms with Gasteiger partial charge in [0.2, 0.25) is 5.88 Å². The minimum atomic E-state index is -0.00139. The molecule has 1 aromatic carbocycles. The maximum atomic E-state index is 6.05. The lowest BCUT2D eigenvalue weighted by molar-refractivity contribution is 0.396. The number of hydrogen-bond donors (Lipinski definition) is 0. The number of nitrogens with zero attached hydrogens (tertiary/aromatic N) is 1. The molecule has 0 fully saturated rings. The predicted octanol–water partition coefficient (Wildman–Crippen LogP) is 3.85. The molecule has 0 radical (unpaired) electrons. The lowest BCUT2D eigenvalue weighted by atomic mass is 10.1. The normalized spacial score (nSPS) is 12.8. The highest BCUT2D eigenvalue weighted by Crippen LogP contribution is 2.26. The van der Waals surface area contributed by atoms with Gasteiger partial charge in [-0.15, -0.1) is 11.6 Å². The fourth-order valence-electron chi connectivity index (χ4n) is 1.73. The van der Waals surface area contributed by atoms with E-state index in [0.717, 1.165) is 22.0 Å². The van der Waals surface area contributed by atoms with Crippen molar-refractivity contribution in [1.82, 2.24) is 4.98 Å². The van der Waals surface area contributed by atoms with E-state index >= 15 is 0 Å². The maximum Gasteiger partial charge on any atom is 0.216 e. The van der Waals surface area contributed by atoms with Crippen molar-refractivity contribution in [3.63, 3.8) is 0 Å². The third-order valence-electron chi connectivity index (χ3n) is 2.64. The Morgan fingerprint density at radius 1 is 1.31 bits per heavy atom. The topological polar surface area (TPSA) is 22.1 Å². The molecule has 0 aliphatic rings. The van der Waals surface area contributed by atoms with E-state index in [1.54, 1.807) is 7.11 Å². The highest BCUT2D eigenvalue weighted by atomic mass is 35.5. The number of methoxy groups -OCH3 is 1. The Labute approximate surface area is 100 Å². The zero-order valence-electron chi connectivity index (χ0n) is 9.62. The van der Waals surface area contributed by atoms with Gasteiger partial charge < -0.3 is 4.74 Å². The van der Waals surface area contributed by atoms with Gasteiger partial charge in [0.05, 0.1) is 18.0 Å². The summed E-state index contributed by atoms with van der Waals surface area (Å²) in [4.78, 5) is 4.46. The van der Waals surface area contributed by atoms with E-state index in [-0.39, 0.29) is 5.38 Å². The van der Waals surface area contributed by atoms with Crippen LogP contribution in [-0.2, 0) is 0 Å². The summed E-state index contributed by atoms with van der Waals surface area (Å²) in [6.45, 7) is 3.94. The van der Waals surface area contributed by atoms with Crippen molar-refractivity contribution >= 4 is 22.5 Å². The van der Waals surface area contributed by atoms with E-state index in [9.17, 15) is 0 Å². The minimum Gasteiger partial charge on any atom is -0.481 e. The second-order valence-electron chi connectivity index (χ2n) is 3.88. The number of alkyl halides is 1. The average Bonchev–Trinajstić information content (AvgIpc) is 2.27. The van der Waals surface area contributed by atoms with Gasteiger partial charge in [-0.25, -0.2) is 4.98 Å². The molecule has 0 bridgehead atoms. The first kappa shape index (κ1) is 11.2. The molecule has 0 N–H and O–H groups in total. The van der Waals surface area contributed by atoms with Crippen molar-refractivity contribution in [2.24, 2.45) is 0 Å². The molecule has 0 aliphatic heterocycles. The van der Waals surface area contributed by atoms with Crippen LogP contribution in [0.3, 0.4) is 0 Å². The number of rotatable bonds is 2. The monoisotopic (exact) mass is 235 g/mol. The van der Waals surface area contributed by atoms with Crippen LogP contribution in [0.4, 0.5) is 0 Å². The van der Waals surface area contributed by atoms with Crippen molar-refractivity contribution < 1.29 is 4.74 Å². The SMILES string of the molecule is COc1nc2cc(C(C)Cl)ccc2cc1C. The predicted molar refractivity (Wildman–Crippen MR) is 67.3 cm³/mol.